The third-order valence-electron chi connectivity index (χ3n) is 13.6. The van der Waals surface area contributed by atoms with Crippen molar-refractivity contribution in [2.75, 3.05) is 0 Å². The summed E-state index contributed by atoms with van der Waals surface area (Å²) >= 11 is 0. The molecule has 0 radical (unpaired) electrons. The molecule has 6 unspecified atom stereocenters. The Kier molecular flexibility index (Phi) is 43.6. The summed E-state index contributed by atoms with van der Waals surface area (Å²) < 4.78 is 0. The van der Waals surface area contributed by atoms with Crippen molar-refractivity contribution in [1.29, 1.82) is 0 Å². The van der Waals surface area contributed by atoms with Crippen molar-refractivity contribution >= 4 is 40.5 Å². The summed E-state index contributed by atoms with van der Waals surface area (Å²) in [6.07, 6.45) is 6.35. The van der Waals surface area contributed by atoms with Gasteiger partial charge in [0.2, 0.25) is 0 Å². The van der Waals surface area contributed by atoms with Gasteiger partial charge in [-0.25, -0.2) is 0 Å². The second-order valence-electron chi connectivity index (χ2n) is 38.3. The van der Waals surface area contributed by atoms with E-state index in [9.17, 15) is 38.7 Å². The quantitative estimate of drug-likeness (QED) is 0.0490. The van der Waals surface area contributed by atoms with E-state index < -0.39 is 16.6 Å². The van der Waals surface area contributed by atoms with Gasteiger partial charge >= 0.3 is 0 Å². The average Bonchev–Trinajstić information content (AvgIpc) is 0.964. The highest BCUT2D eigenvalue weighted by molar-refractivity contribution is 5.93. The van der Waals surface area contributed by atoms with Crippen molar-refractivity contribution < 1.29 is 38.7 Å². The van der Waals surface area contributed by atoms with Crippen molar-refractivity contribution in [3.63, 3.8) is 0 Å². The molecule has 0 saturated carbocycles. The molecular weight excluding hydrogens is 1190 g/mol. The maximum atomic E-state index is 12.5. The van der Waals surface area contributed by atoms with E-state index in [0.717, 1.165) is 18.5 Å². The molecule has 6 atom stereocenters. The van der Waals surface area contributed by atoms with Gasteiger partial charge in [0.1, 0.15) is 5.78 Å². The molecular formula is C79H158N8O8. The number of allylic oxidation sites excluding steroid dienone is 1. The van der Waals surface area contributed by atoms with Crippen LogP contribution in [0.25, 0.3) is 0 Å². The molecule has 0 saturated heterocycles. The normalized spacial score (nSPS) is 15.1. The minimum Gasteiger partial charge on any atom is -0.403 e. The lowest BCUT2D eigenvalue weighted by molar-refractivity contribution is -0.152. The molecule has 0 aliphatic carbocycles. The Morgan fingerprint density at radius 3 is 0.947 bits per heavy atom. The van der Waals surface area contributed by atoms with Crippen molar-refractivity contribution in [2.24, 2.45) is 38.2 Å². The van der Waals surface area contributed by atoms with Crippen molar-refractivity contribution in [3.05, 3.63) is 36.3 Å². The number of aromatic nitrogens is 1. The Morgan fingerprint density at radius 2 is 0.716 bits per heavy atom. The zero-order chi connectivity index (χ0) is 76.6. The van der Waals surface area contributed by atoms with E-state index in [1.54, 1.807) is 0 Å². The Balaban J connectivity index is -0.000000250. The summed E-state index contributed by atoms with van der Waals surface area (Å²) in [7, 11) is 0. The Hall–Kier alpha value is -3.77. The van der Waals surface area contributed by atoms with Crippen LogP contribution in [0.1, 0.15) is 329 Å². The second kappa shape index (κ2) is 40.5. The SMILES string of the molecule is C.C=C(N)CCC(NC(C)(C)C)C(=O)C(C)(C)C.CC(=O)CC(NC(C)(C)C)C(=O)C(C)(C)C.CC(C)(C)NC(Cc1ccc[nH]1)C(=O)C(C)(C)C.CCC(NC(C)(C)C)C(=O)C(C)(C)C.CCC(NC(C)(C)C)C(=O)C(C)(C)C.CCC(O)(NC(C)(C)C)C(=O)C(C)(C)C. The number of hydrogen-bond donors (Lipinski definition) is 9. The first-order chi connectivity index (χ1) is 41.0. The van der Waals surface area contributed by atoms with Crippen LogP contribution in [0.15, 0.2) is 30.6 Å². The lowest BCUT2D eigenvalue weighted by atomic mass is 9.82. The maximum absolute atomic E-state index is 12.5. The molecule has 0 bridgehead atoms. The first kappa shape index (κ1) is 102. The minimum atomic E-state index is -1.42. The number of carbonyl (C=O) groups is 7. The van der Waals surface area contributed by atoms with Gasteiger partial charge in [-0.2, -0.15) is 0 Å². The number of ketones is 7. The van der Waals surface area contributed by atoms with Gasteiger partial charge < -0.3 is 42.4 Å². The van der Waals surface area contributed by atoms with E-state index in [4.69, 9.17) is 5.73 Å². The molecule has 0 aliphatic rings. The van der Waals surface area contributed by atoms with Crippen LogP contribution >= 0.6 is 0 Å². The summed E-state index contributed by atoms with van der Waals surface area (Å²) in [5.74, 6) is 1.06. The molecule has 10 N–H and O–H groups in total. The molecule has 1 rings (SSSR count). The number of rotatable bonds is 22. The van der Waals surface area contributed by atoms with E-state index >= 15 is 0 Å². The Labute approximate surface area is 586 Å². The number of carbonyl (C=O) groups excluding carboxylic acids is 7. The van der Waals surface area contributed by atoms with Crippen LogP contribution in [0.4, 0.5) is 0 Å². The number of H-pyrrole nitrogens is 1. The van der Waals surface area contributed by atoms with Gasteiger partial charge in [-0.05, 0) is 176 Å². The monoisotopic (exact) mass is 1350 g/mol. The largest absolute Gasteiger partial charge is 0.403 e. The number of nitrogens with one attached hydrogen (secondary N) is 7. The predicted octanol–water partition coefficient (Wildman–Crippen LogP) is 16.1. The van der Waals surface area contributed by atoms with Crippen LogP contribution in [0, 0.1) is 32.5 Å². The van der Waals surface area contributed by atoms with Crippen molar-refractivity contribution in [2.45, 2.75) is 398 Å². The van der Waals surface area contributed by atoms with Crippen LogP contribution in [0.3, 0.4) is 0 Å². The molecule has 95 heavy (non-hydrogen) atoms. The summed E-state index contributed by atoms with van der Waals surface area (Å²) in [5, 5.41) is 30.0. The van der Waals surface area contributed by atoms with Gasteiger partial charge in [0, 0.05) is 96.2 Å². The van der Waals surface area contributed by atoms with Gasteiger partial charge in [-0.3, -0.25) is 38.9 Å². The molecule has 0 fully saturated rings. The van der Waals surface area contributed by atoms with Crippen LogP contribution in [-0.4, -0.2) is 120 Å². The number of nitrogens with two attached hydrogens (primary N) is 1. The first-order valence-corrected chi connectivity index (χ1v) is 34.8. The van der Waals surface area contributed by atoms with Crippen LogP contribution in [0.5, 0.6) is 0 Å². The van der Waals surface area contributed by atoms with Gasteiger partial charge in [0.25, 0.3) is 0 Å². The second-order valence-corrected chi connectivity index (χ2v) is 38.3. The average molecular weight is 1350 g/mol. The van der Waals surface area contributed by atoms with Crippen LogP contribution < -0.4 is 37.6 Å². The van der Waals surface area contributed by atoms with Crippen molar-refractivity contribution in [1.82, 2.24) is 36.9 Å². The van der Waals surface area contributed by atoms with Crippen LogP contribution in [-0.2, 0) is 40.0 Å². The molecule has 0 spiro atoms. The zero-order valence-electron chi connectivity index (χ0n) is 68.7. The molecule has 1 aromatic rings. The van der Waals surface area contributed by atoms with Crippen molar-refractivity contribution in [3.8, 4) is 0 Å². The highest BCUT2D eigenvalue weighted by Crippen LogP contribution is 2.28. The van der Waals surface area contributed by atoms with E-state index in [1.165, 1.54) is 6.92 Å². The summed E-state index contributed by atoms with van der Waals surface area (Å²) in [4.78, 5) is 87.4. The molecule has 0 aromatic carbocycles. The fourth-order valence-electron chi connectivity index (χ4n) is 9.50. The van der Waals surface area contributed by atoms with Gasteiger partial charge in [-0.15, -0.1) is 0 Å². The van der Waals surface area contributed by atoms with E-state index in [-0.39, 0.29) is 128 Å². The summed E-state index contributed by atoms with van der Waals surface area (Å²) in [5.41, 5.74) is 3.16. The van der Waals surface area contributed by atoms with E-state index in [2.05, 4.69) is 127 Å². The lowest BCUT2D eigenvalue weighted by Crippen LogP contribution is -2.61. The van der Waals surface area contributed by atoms with Gasteiger partial charge in [0.05, 0.1) is 30.2 Å². The van der Waals surface area contributed by atoms with Gasteiger partial charge in [0.15, 0.2) is 40.4 Å². The fourth-order valence-corrected chi connectivity index (χ4v) is 9.50. The molecule has 0 amide bonds. The Morgan fingerprint density at radius 1 is 0.442 bits per heavy atom. The highest BCUT2D eigenvalue weighted by atomic mass is 16.3. The minimum absolute atomic E-state index is 0. The summed E-state index contributed by atoms with van der Waals surface area (Å²) in [6.45, 7) is 82.6. The smallest absolute Gasteiger partial charge is 0.184 e. The van der Waals surface area contributed by atoms with E-state index in [1.807, 2.05) is 205 Å². The standard InChI is InChI=1S/C15H26N2O.C14H28N2O.C13H25NO2.C12H25NO2.2C12H25NO.CH4/c1-14(2,3)13(18)12(17-15(4,5)6)10-11-8-7-9-16-11;1-10(15)8-9-11(16-14(5,6)7)12(17)13(2,3)4;1-9(15)8-10(14-13(5,6)7)11(16)12(2,3)4;1-8-12(15,13-11(5,6)7)9(14)10(2,3)4;2*1-8-9(13-12(5,6)7)10(14)11(2,3)4;/h7-9,12,16-17H,10H2,1-6H3;11,16H,1,8-9,15H2,2-7H3;10,14H,8H2,1-7H3;13,15H,8H2,1-7H3;2*9,13H,8H2,1-7H3;1H4. The third-order valence-corrected chi connectivity index (χ3v) is 13.6. The molecule has 0 aliphatic heterocycles. The number of aromatic amines is 1. The van der Waals surface area contributed by atoms with Gasteiger partial charge in [-0.1, -0.05) is 159 Å². The Bertz CT molecular complexity index is 2380. The lowest BCUT2D eigenvalue weighted by Gasteiger charge is -2.38. The summed E-state index contributed by atoms with van der Waals surface area (Å²) in [6, 6.07) is 3.26. The molecule has 1 aromatic heterocycles. The number of aliphatic hydroxyl groups is 1. The fraction of sp³-hybridized carbons (Fsp3) is 0.835. The number of hydrogen-bond acceptors (Lipinski definition) is 15. The maximum Gasteiger partial charge on any atom is 0.184 e. The predicted molar refractivity (Wildman–Crippen MR) is 408 cm³/mol. The topological polar surface area (TPSA) is 254 Å². The molecule has 1 heterocycles. The zero-order valence-corrected chi connectivity index (χ0v) is 68.7. The molecule has 16 heteroatoms. The third kappa shape index (κ3) is 52.0. The van der Waals surface area contributed by atoms with E-state index in [0.29, 0.717) is 42.9 Å². The first-order valence-electron chi connectivity index (χ1n) is 34.8. The number of Topliss-reactive ketones (excluding diaryl/α,β-unsaturated/α-hetero) is 7. The highest BCUT2D eigenvalue weighted by Gasteiger charge is 2.43. The van der Waals surface area contributed by atoms with Crippen LogP contribution in [0.2, 0.25) is 0 Å². The molecule has 562 valence electrons. The molecule has 16 nitrogen and oxygen atoms in total.